The van der Waals surface area contributed by atoms with E-state index in [2.05, 4.69) is 17.9 Å². The van der Waals surface area contributed by atoms with Gasteiger partial charge in [-0.3, -0.25) is 4.79 Å². The van der Waals surface area contributed by atoms with Crippen molar-refractivity contribution < 1.29 is 4.79 Å². The molecule has 5 heteroatoms. The molecule has 0 saturated heterocycles. The Hall–Kier alpha value is -1.94. The lowest BCUT2D eigenvalue weighted by Crippen LogP contribution is -2.37. The van der Waals surface area contributed by atoms with Crippen LogP contribution in [-0.2, 0) is 6.42 Å². The number of halogens is 2. The molecule has 0 aromatic heterocycles. The van der Waals surface area contributed by atoms with Crippen LogP contribution in [0.3, 0.4) is 0 Å². The Balaban J connectivity index is 0.00000145. The molecule has 0 radical (unpaired) electrons. The van der Waals surface area contributed by atoms with E-state index in [1.807, 2.05) is 85.8 Å². The topological polar surface area (TPSA) is 29.1 Å². The van der Waals surface area contributed by atoms with E-state index in [1.54, 1.807) is 6.26 Å². The molecule has 0 bridgehead atoms. The molecule has 1 unspecified atom stereocenters. The highest BCUT2D eigenvalue weighted by Gasteiger charge is 2.22. The highest BCUT2D eigenvalue weighted by atomic mass is 35.5. The fourth-order valence-electron chi connectivity index (χ4n) is 3.15. The molecule has 3 rings (SSSR count). The molecule has 0 aliphatic heterocycles. The lowest BCUT2D eigenvalue weighted by Gasteiger charge is -2.26. The average Bonchev–Trinajstić information content (AvgIpc) is 2.76. The van der Waals surface area contributed by atoms with Crippen molar-refractivity contribution in [2.45, 2.75) is 25.3 Å². The van der Waals surface area contributed by atoms with Gasteiger partial charge in [0, 0.05) is 27.6 Å². The molecule has 29 heavy (non-hydrogen) atoms. The number of amides is 1. The summed E-state index contributed by atoms with van der Waals surface area (Å²) >= 11 is 15.6. The van der Waals surface area contributed by atoms with Crippen LogP contribution in [0.15, 0.2) is 78.9 Å². The maximum atomic E-state index is 12.6. The number of benzene rings is 3. The van der Waals surface area contributed by atoms with Crippen LogP contribution in [0.2, 0.25) is 10.0 Å². The van der Waals surface area contributed by atoms with Crippen LogP contribution in [0.5, 0.6) is 0 Å². The zero-order valence-electron chi connectivity index (χ0n) is 16.5. The number of thiol groups is 1. The monoisotopic (exact) mass is 445 g/mol. The van der Waals surface area contributed by atoms with Crippen molar-refractivity contribution in [2.75, 3.05) is 6.26 Å². The normalized spacial score (nSPS) is 12.3. The summed E-state index contributed by atoms with van der Waals surface area (Å²) in [6.45, 7) is 2.04. The second-order valence-electron chi connectivity index (χ2n) is 6.62. The summed E-state index contributed by atoms with van der Waals surface area (Å²) in [6, 6.07) is 24.9. The van der Waals surface area contributed by atoms with Crippen molar-refractivity contribution in [3.63, 3.8) is 0 Å². The highest BCUT2D eigenvalue weighted by Crippen LogP contribution is 2.27. The molecule has 0 aliphatic carbocycles. The van der Waals surface area contributed by atoms with E-state index in [0.29, 0.717) is 15.6 Å². The van der Waals surface area contributed by atoms with Gasteiger partial charge in [0.05, 0.1) is 0 Å². The summed E-state index contributed by atoms with van der Waals surface area (Å²) < 4.78 is 0. The summed E-state index contributed by atoms with van der Waals surface area (Å²) in [6.07, 6.45) is 2.48. The standard InChI is InChI=1S/C23H21Cl2NO.CH4S/c1-16(26-23(27)19-5-3-2-4-6-19)22(18-9-13-21(25)14-10-18)15-17-7-11-20(24)12-8-17;1-2/h2-14,16,22H,15H2,1H3,(H,26,27);2H,1H3/t16?,22-;/m0./s1. The Kier molecular flexibility index (Phi) is 9.59. The van der Waals surface area contributed by atoms with E-state index in [1.165, 1.54) is 5.56 Å². The van der Waals surface area contributed by atoms with Gasteiger partial charge in [-0.1, -0.05) is 65.7 Å². The Morgan fingerprint density at radius 1 is 0.862 bits per heavy atom. The van der Waals surface area contributed by atoms with Crippen molar-refractivity contribution in [3.05, 3.63) is 106 Å². The first-order chi connectivity index (χ1) is 14.0. The number of rotatable bonds is 6. The Bertz CT molecular complexity index is 883. The molecule has 0 saturated carbocycles. The van der Waals surface area contributed by atoms with Crippen molar-refractivity contribution in [1.29, 1.82) is 0 Å². The van der Waals surface area contributed by atoms with Crippen molar-refractivity contribution in [3.8, 4) is 0 Å². The lowest BCUT2D eigenvalue weighted by atomic mass is 9.86. The maximum absolute atomic E-state index is 12.6. The van der Waals surface area contributed by atoms with E-state index in [0.717, 1.165) is 12.0 Å². The number of nitrogens with one attached hydrogen (secondary N) is 1. The van der Waals surface area contributed by atoms with Gasteiger partial charge in [-0.15, -0.1) is 0 Å². The van der Waals surface area contributed by atoms with Gasteiger partial charge in [0.25, 0.3) is 5.91 Å². The third kappa shape index (κ3) is 7.11. The molecule has 2 nitrogen and oxygen atoms in total. The molecule has 1 N–H and O–H groups in total. The third-order valence-electron chi connectivity index (χ3n) is 4.67. The largest absolute Gasteiger partial charge is 0.349 e. The van der Waals surface area contributed by atoms with Crippen molar-refractivity contribution in [1.82, 2.24) is 5.32 Å². The van der Waals surface area contributed by atoms with Gasteiger partial charge < -0.3 is 5.32 Å². The zero-order chi connectivity index (χ0) is 21.2. The third-order valence-corrected chi connectivity index (χ3v) is 5.17. The summed E-state index contributed by atoms with van der Waals surface area (Å²) in [5.41, 5.74) is 2.96. The van der Waals surface area contributed by atoms with Crippen LogP contribution in [0.1, 0.15) is 34.3 Å². The van der Waals surface area contributed by atoms with Crippen LogP contribution in [0, 0.1) is 0 Å². The average molecular weight is 446 g/mol. The summed E-state index contributed by atoms with van der Waals surface area (Å²) in [5, 5.41) is 4.56. The maximum Gasteiger partial charge on any atom is 0.251 e. The lowest BCUT2D eigenvalue weighted by molar-refractivity contribution is 0.0934. The summed E-state index contributed by atoms with van der Waals surface area (Å²) in [4.78, 5) is 12.6. The first-order valence-corrected chi connectivity index (χ1v) is 11.0. The van der Waals surface area contributed by atoms with Crippen LogP contribution in [0.25, 0.3) is 0 Å². The summed E-state index contributed by atoms with van der Waals surface area (Å²) in [5.74, 6) is 0.0364. The summed E-state index contributed by atoms with van der Waals surface area (Å²) in [7, 11) is 0. The molecule has 1 amide bonds. The van der Waals surface area contributed by atoms with E-state index in [-0.39, 0.29) is 17.9 Å². The quantitative estimate of drug-likeness (QED) is 0.406. The van der Waals surface area contributed by atoms with Gasteiger partial charge in [0.2, 0.25) is 0 Å². The number of hydrogen-bond acceptors (Lipinski definition) is 2. The molecule has 0 spiro atoms. The first-order valence-electron chi connectivity index (χ1n) is 9.33. The molecule has 3 aromatic carbocycles. The van der Waals surface area contributed by atoms with Gasteiger partial charge in [-0.2, -0.15) is 12.6 Å². The number of hydrogen-bond donors (Lipinski definition) is 2. The van der Waals surface area contributed by atoms with E-state index in [9.17, 15) is 4.79 Å². The smallest absolute Gasteiger partial charge is 0.251 e. The molecule has 0 fully saturated rings. The first kappa shape index (κ1) is 23.3. The number of carbonyl (C=O) groups is 1. The second-order valence-corrected chi connectivity index (χ2v) is 7.49. The zero-order valence-corrected chi connectivity index (χ0v) is 18.9. The molecule has 0 heterocycles. The predicted molar refractivity (Wildman–Crippen MR) is 128 cm³/mol. The van der Waals surface area contributed by atoms with Crippen molar-refractivity contribution in [2.24, 2.45) is 0 Å². The van der Waals surface area contributed by atoms with Gasteiger partial charge in [0.15, 0.2) is 0 Å². The van der Waals surface area contributed by atoms with E-state index >= 15 is 0 Å². The van der Waals surface area contributed by atoms with Gasteiger partial charge >= 0.3 is 0 Å². The van der Waals surface area contributed by atoms with Crippen LogP contribution >= 0.6 is 35.8 Å². The minimum atomic E-state index is -0.0711. The SMILES string of the molecule is CC(NC(=O)c1ccccc1)[C@H](Cc1ccc(Cl)cc1)c1ccc(Cl)cc1.CS. The highest BCUT2D eigenvalue weighted by molar-refractivity contribution is 7.79. The molecule has 2 atom stereocenters. The van der Waals surface area contributed by atoms with E-state index < -0.39 is 0 Å². The Labute approximate surface area is 188 Å². The van der Waals surface area contributed by atoms with Crippen molar-refractivity contribution >= 4 is 41.7 Å². The van der Waals surface area contributed by atoms with Crippen LogP contribution in [-0.4, -0.2) is 18.2 Å². The molecule has 152 valence electrons. The minimum Gasteiger partial charge on any atom is -0.349 e. The van der Waals surface area contributed by atoms with Crippen LogP contribution < -0.4 is 5.32 Å². The second kappa shape index (κ2) is 11.9. The van der Waals surface area contributed by atoms with Gasteiger partial charge in [0.1, 0.15) is 0 Å². The van der Waals surface area contributed by atoms with E-state index in [4.69, 9.17) is 23.2 Å². The Morgan fingerprint density at radius 3 is 1.93 bits per heavy atom. The molecule has 3 aromatic rings. The fourth-order valence-corrected chi connectivity index (χ4v) is 3.40. The Morgan fingerprint density at radius 2 is 1.38 bits per heavy atom. The van der Waals surface area contributed by atoms with Gasteiger partial charge in [-0.25, -0.2) is 0 Å². The minimum absolute atomic E-state index is 0.0606. The predicted octanol–water partition coefficient (Wildman–Crippen LogP) is 6.68. The van der Waals surface area contributed by atoms with Gasteiger partial charge in [-0.05, 0) is 67.1 Å². The van der Waals surface area contributed by atoms with Crippen LogP contribution in [0.4, 0.5) is 0 Å². The number of carbonyl (C=O) groups excluding carboxylic acids is 1. The fraction of sp³-hybridized carbons (Fsp3) is 0.208. The molecular weight excluding hydrogens is 421 g/mol. The molecular formula is C24H25Cl2NOS. The molecule has 0 aliphatic rings.